The SMILES string of the molecule is CCC(CC)C(NC)c1ccn(C)n1. The molecule has 0 aliphatic rings. The maximum Gasteiger partial charge on any atom is 0.0796 e. The molecule has 14 heavy (non-hydrogen) atoms. The quantitative estimate of drug-likeness (QED) is 0.780. The third-order valence-electron chi connectivity index (χ3n) is 2.88. The summed E-state index contributed by atoms with van der Waals surface area (Å²) >= 11 is 0. The summed E-state index contributed by atoms with van der Waals surface area (Å²) in [6, 6.07) is 2.49. The third kappa shape index (κ3) is 2.35. The van der Waals surface area contributed by atoms with E-state index in [1.807, 2.05) is 25.0 Å². The van der Waals surface area contributed by atoms with Crippen LogP contribution in [-0.2, 0) is 7.05 Å². The maximum atomic E-state index is 4.45. The standard InChI is InChI=1S/C11H21N3/c1-5-9(6-2)11(12-3)10-7-8-14(4)13-10/h7-9,11-12H,5-6H2,1-4H3. The first kappa shape index (κ1) is 11.2. The lowest BCUT2D eigenvalue weighted by molar-refractivity contribution is 0.351. The molecule has 0 fully saturated rings. The van der Waals surface area contributed by atoms with Crippen molar-refractivity contribution in [2.24, 2.45) is 13.0 Å². The highest BCUT2D eigenvalue weighted by Gasteiger charge is 2.20. The Labute approximate surface area is 86.5 Å². The van der Waals surface area contributed by atoms with Gasteiger partial charge in [0.2, 0.25) is 0 Å². The summed E-state index contributed by atoms with van der Waals surface area (Å²) < 4.78 is 1.86. The largest absolute Gasteiger partial charge is 0.311 e. The average Bonchev–Trinajstić information content (AvgIpc) is 2.60. The fraction of sp³-hybridized carbons (Fsp3) is 0.727. The zero-order valence-corrected chi connectivity index (χ0v) is 9.62. The molecule has 0 amide bonds. The van der Waals surface area contributed by atoms with E-state index >= 15 is 0 Å². The third-order valence-corrected chi connectivity index (χ3v) is 2.88. The molecule has 3 heteroatoms. The van der Waals surface area contributed by atoms with E-state index in [0.717, 1.165) is 5.69 Å². The van der Waals surface area contributed by atoms with Crippen LogP contribution in [0.5, 0.6) is 0 Å². The van der Waals surface area contributed by atoms with Crippen molar-refractivity contribution in [3.05, 3.63) is 18.0 Å². The van der Waals surface area contributed by atoms with Crippen molar-refractivity contribution in [2.75, 3.05) is 7.05 Å². The number of hydrogen-bond acceptors (Lipinski definition) is 2. The Morgan fingerprint density at radius 3 is 2.43 bits per heavy atom. The molecule has 1 rings (SSSR count). The number of hydrogen-bond donors (Lipinski definition) is 1. The molecule has 1 aromatic heterocycles. The zero-order valence-electron chi connectivity index (χ0n) is 9.62. The predicted octanol–water partition coefficient (Wildman–Crippen LogP) is 2.12. The molecule has 0 spiro atoms. The van der Waals surface area contributed by atoms with E-state index in [9.17, 15) is 0 Å². The van der Waals surface area contributed by atoms with E-state index in [-0.39, 0.29) is 0 Å². The summed E-state index contributed by atoms with van der Waals surface area (Å²) in [4.78, 5) is 0. The van der Waals surface area contributed by atoms with Gasteiger partial charge in [0.1, 0.15) is 0 Å². The highest BCUT2D eigenvalue weighted by molar-refractivity contribution is 5.06. The van der Waals surface area contributed by atoms with Crippen molar-refractivity contribution in [3.8, 4) is 0 Å². The molecule has 0 bridgehead atoms. The Balaban J connectivity index is 2.80. The van der Waals surface area contributed by atoms with Crippen molar-refractivity contribution < 1.29 is 0 Å². The number of aromatic nitrogens is 2. The fourth-order valence-corrected chi connectivity index (χ4v) is 1.98. The Morgan fingerprint density at radius 2 is 2.07 bits per heavy atom. The van der Waals surface area contributed by atoms with Gasteiger partial charge in [0, 0.05) is 13.2 Å². The van der Waals surface area contributed by atoms with Gasteiger partial charge in [-0.15, -0.1) is 0 Å². The topological polar surface area (TPSA) is 29.9 Å². The van der Waals surface area contributed by atoms with Crippen LogP contribution in [0, 0.1) is 5.92 Å². The van der Waals surface area contributed by atoms with Gasteiger partial charge in [-0.2, -0.15) is 5.10 Å². The lowest BCUT2D eigenvalue weighted by atomic mass is 9.92. The molecule has 0 radical (unpaired) electrons. The van der Waals surface area contributed by atoms with E-state index in [0.29, 0.717) is 12.0 Å². The molecular formula is C11H21N3. The van der Waals surface area contributed by atoms with E-state index < -0.39 is 0 Å². The van der Waals surface area contributed by atoms with Crippen LogP contribution in [0.1, 0.15) is 38.4 Å². The molecule has 0 aromatic carbocycles. The van der Waals surface area contributed by atoms with Crippen LogP contribution in [-0.4, -0.2) is 16.8 Å². The monoisotopic (exact) mass is 195 g/mol. The molecule has 0 saturated heterocycles. The minimum Gasteiger partial charge on any atom is -0.311 e. The molecule has 0 aliphatic heterocycles. The summed E-state index contributed by atoms with van der Waals surface area (Å²) in [5.74, 6) is 0.676. The van der Waals surface area contributed by atoms with Gasteiger partial charge in [-0.25, -0.2) is 0 Å². The van der Waals surface area contributed by atoms with Crippen LogP contribution in [0.15, 0.2) is 12.3 Å². The molecule has 1 aromatic rings. The van der Waals surface area contributed by atoms with Crippen molar-refractivity contribution >= 4 is 0 Å². The van der Waals surface area contributed by atoms with E-state index in [2.05, 4.69) is 30.3 Å². The van der Waals surface area contributed by atoms with Crippen LogP contribution in [0.25, 0.3) is 0 Å². The van der Waals surface area contributed by atoms with Crippen molar-refractivity contribution in [1.82, 2.24) is 15.1 Å². The Hall–Kier alpha value is -0.830. The zero-order chi connectivity index (χ0) is 10.6. The van der Waals surface area contributed by atoms with Crippen LogP contribution < -0.4 is 5.32 Å². The number of nitrogens with one attached hydrogen (secondary N) is 1. The van der Waals surface area contributed by atoms with Gasteiger partial charge in [-0.1, -0.05) is 26.7 Å². The molecule has 3 nitrogen and oxygen atoms in total. The van der Waals surface area contributed by atoms with Crippen LogP contribution in [0.3, 0.4) is 0 Å². The molecule has 80 valence electrons. The number of aryl methyl sites for hydroxylation is 1. The lowest BCUT2D eigenvalue weighted by Gasteiger charge is -2.22. The summed E-state index contributed by atoms with van der Waals surface area (Å²) in [5.41, 5.74) is 1.16. The average molecular weight is 195 g/mol. The second-order valence-corrected chi connectivity index (χ2v) is 3.76. The Kier molecular flexibility index (Phi) is 4.14. The van der Waals surface area contributed by atoms with Gasteiger partial charge in [-0.3, -0.25) is 4.68 Å². The highest BCUT2D eigenvalue weighted by atomic mass is 15.3. The van der Waals surface area contributed by atoms with Crippen LogP contribution in [0.4, 0.5) is 0 Å². The van der Waals surface area contributed by atoms with E-state index in [1.165, 1.54) is 12.8 Å². The van der Waals surface area contributed by atoms with Gasteiger partial charge in [-0.05, 0) is 19.0 Å². The smallest absolute Gasteiger partial charge is 0.0796 e. The summed E-state index contributed by atoms with van der Waals surface area (Å²) in [5, 5.41) is 7.81. The van der Waals surface area contributed by atoms with Crippen molar-refractivity contribution in [1.29, 1.82) is 0 Å². The minimum atomic E-state index is 0.395. The van der Waals surface area contributed by atoms with Crippen molar-refractivity contribution in [2.45, 2.75) is 32.7 Å². The molecule has 0 saturated carbocycles. The first-order valence-electron chi connectivity index (χ1n) is 5.39. The highest BCUT2D eigenvalue weighted by Crippen LogP contribution is 2.25. The predicted molar refractivity (Wildman–Crippen MR) is 59.1 cm³/mol. The summed E-state index contributed by atoms with van der Waals surface area (Å²) in [7, 11) is 3.97. The lowest BCUT2D eigenvalue weighted by Crippen LogP contribution is -2.25. The van der Waals surface area contributed by atoms with Crippen LogP contribution in [0.2, 0.25) is 0 Å². The molecule has 1 atom stereocenters. The molecule has 1 N–H and O–H groups in total. The first-order chi connectivity index (χ1) is 6.72. The van der Waals surface area contributed by atoms with Crippen molar-refractivity contribution in [3.63, 3.8) is 0 Å². The molecule has 0 aliphatic carbocycles. The van der Waals surface area contributed by atoms with Gasteiger partial charge < -0.3 is 5.32 Å². The maximum absolute atomic E-state index is 4.45. The Bertz CT molecular complexity index is 263. The molecular weight excluding hydrogens is 174 g/mol. The van der Waals surface area contributed by atoms with Gasteiger partial charge in [0.05, 0.1) is 11.7 Å². The first-order valence-corrected chi connectivity index (χ1v) is 5.39. The van der Waals surface area contributed by atoms with Gasteiger partial charge >= 0.3 is 0 Å². The van der Waals surface area contributed by atoms with E-state index in [4.69, 9.17) is 0 Å². The van der Waals surface area contributed by atoms with Crippen LogP contribution >= 0.6 is 0 Å². The second kappa shape index (κ2) is 5.15. The normalized spacial score (nSPS) is 13.5. The second-order valence-electron chi connectivity index (χ2n) is 3.76. The minimum absolute atomic E-state index is 0.395. The summed E-state index contributed by atoms with van der Waals surface area (Å²) in [6.07, 6.45) is 4.39. The number of nitrogens with zero attached hydrogens (tertiary/aromatic N) is 2. The summed E-state index contributed by atoms with van der Waals surface area (Å²) in [6.45, 7) is 4.48. The van der Waals surface area contributed by atoms with Gasteiger partial charge in [0.15, 0.2) is 0 Å². The molecule has 1 unspecified atom stereocenters. The fourth-order valence-electron chi connectivity index (χ4n) is 1.98. The Morgan fingerprint density at radius 1 is 1.43 bits per heavy atom. The van der Waals surface area contributed by atoms with Gasteiger partial charge in [0.25, 0.3) is 0 Å². The van der Waals surface area contributed by atoms with E-state index in [1.54, 1.807) is 0 Å². The number of rotatable bonds is 5. The molecule has 1 heterocycles.